The van der Waals surface area contributed by atoms with Gasteiger partial charge < -0.3 is 5.11 Å². The average molecular weight is 230 g/mol. The number of aromatic carboxylic acids is 1. The van der Waals surface area contributed by atoms with Gasteiger partial charge in [-0.2, -0.15) is 0 Å². The van der Waals surface area contributed by atoms with Crippen molar-refractivity contribution >= 4 is 12.0 Å². The van der Waals surface area contributed by atoms with Crippen LogP contribution in [0.5, 0.6) is 0 Å². The van der Waals surface area contributed by atoms with Crippen molar-refractivity contribution < 1.29 is 23.1 Å². The predicted octanol–water partition coefficient (Wildman–Crippen LogP) is 3.14. The molecule has 0 saturated heterocycles. The van der Waals surface area contributed by atoms with Crippen molar-refractivity contribution in [3.05, 3.63) is 40.2 Å². The van der Waals surface area contributed by atoms with E-state index in [9.17, 15) is 18.0 Å². The number of hydrogen-bond acceptors (Lipinski definition) is 1. The molecule has 0 unspecified atom stereocenters. The molecule has 16 heavy (non-hydrogen) atoms. The zero-order valence-electron chi connectivity index (χ0n) is 8.64. The van der Waals surface area contributed by atoms with E-state index in [0.29, 0.717) is 0 Å². The second kappa shape index (κ2) is 4.38. The minimum absolute atomic E-state index is 0.546. The highest BCUT2D eigenvalue weighted by Crippen LogP contribution is 2.25. The molecule has 0 fully saturated rings. The Balaban J connectivity index is 3.72. The van der Waals surface area contributed by atoms with Crippen LogP contribution < -0.4 is 0 Å². The average Bonchev–Trinajstić information content (AvgIpc) is 2.21. The standard InChI is InChI=1S/C11H9F3O2/c1-3-4-6-9(13)7(11(15)16)5(2)8(12)10(6)14/h3-4H,1-2H3,(H,15,16)/b4-3+. The summed E-state index contributed by atoms with van der Waals surface area (Å²) in [4.78, 5) is 10.7. The lowest BCUT2D eigenvalue weighted by Gasteiger charge is -2.08. The quantitative estimate of drug-likeness (QED) is 0.792. The molecule has 0 spiro atoms. The Bertz CT molecular complexity index is 479. The number of hydrogen-bond donors (Lipinski definition) is 1. The van der Waals surface area contributed by atoms with E-state index in [0.717, 1.165) is 13.0 Å². The molecule has 86 valence electrons. The Labute approximate surface area is 90.0 Å². The van der Waals surface area contributed by atoms with Crippen LogP contribution in [0.4, 0.5) is 13.2 Å². The van der Waals surface area contributed by atoms with Crippen LogP contribution >= 0.6 is 0 Å². The lowest BCUT2D eigenvalue weighted by atomic mass is 10.0. The van der Waals surface area contributed by atoms with Gasteiger partial charge in [0.1, 0.15) is 11.4 Å². The van der Waals surface area contributed by atoms with E-state index in [2.05, 4.69) is 0 Å². The van der Waals surface area contributed by atoms with Gasteiger partial charge in [0.25, 0.3) is 0 Å². The van der Waals surface area contributed by atoms with Gasteiger partial charge in [-0.25, -0.2) is 18.0 Å². The molecule has 0 aromatic heterocycles. The summed E-state index contributed by atoms with van der Waals surface area (Å²) in [6.45, 7) is 2.50. The van der Waals surface area contributed by atoms with Gasteiger partial charge in [-0.15, -0.1) is 0 Å². The molecule has 0 amide bonds. The first-order valence-electron chi connectivity index (χ1n) is 4.44. The van der Waals surface area contributed by atoms with Crippen LogP contribution in [-0.2, 0) is 0 Å². The van der Waals surface area contributed by atoms with Crippen molar-refractivity contribution in [2.45, 2.75) is 13.8 Å². The van der Waals surface area contributed by atoms with Gasteiger partial charge >= 0.3 is 5.97 Å². The first-order chi connectivity index (χ1) is 7.41. The maximum absolute atomic E-state index is 13.6. The highest BCUT2D eigenvalue weighted by molar-refractivity contribution is 5.90. The van der Waals surface area contributed by atoms with E-state index in [1.54, 1.807) is 0 Å². The summed E-state index contributed by atoms with van der Waals surface area (Å²) in [5.74, 6) is -5.60. The van der Waals surface area contributed by atoms with E-state index < -0.39 is 40.1 Å². The molecule has 0 radical (unpaired) electrons. The fourth-order valence-corrected chi connectivity index (χ4v) is 1.36. The van der Waals surface area contributed by atoms with E-state index in [1.807, 2.05) is 0 Å². The van der Waals surface area contributed by atoms with Gasteiger partial charge in [-0.05, 0) is 13.8 Å². The first-order valence-corrected chi connectivity index (χ1v) is 4.44. The number of halogens is 3. The fourth-order valence-electron chi connectivity index (χ4n) is 1.36. The lowest BCUT2D eigenvalue weighted by molar-refractivity contribution is 0.0690. The van der Waals surface area contributed by atoms with Crippen LogP contribution in [0.25, 0.3) is 6.08 Å². The normalized spacial score (nSPS) is 11.1. The second-order valence-corrected chi connectivity index (χ2v) is 3.16. The van der Waals surface area contributed by atoms with Crippen LogP contribution in [0.3, 0.4) is 0 Å². The maximum Gasteiger partial charge on any atom is 0.339 e. The molecule has 2 nitrogen and oxygen atoms in total. The molecule has 0 heterocycles. The Hall–Kier alpha value is -1.78. The molecule has 0 aliphatic heterocycles. The Morgan fingerprint density at radius 2 is 1.75 bits per heavy atom. The minimum Gasteiger partial charge on any atom is -0.478 e. The van der Waals surface area contributed by atoms with Gasteiger partial charge in [0.2, 0.25) is 0 Å². The van der Waals surface area contributed by atoms with Crippen LogP contribution in [0.2, 0.25) is 0 Å². The number of rotatable bonds is 2. The molecule has 0 aliphatic carbocycles. The van der Waals surface area contributed by atoms with Crippen molar-refractivity contribution in [3.63, 3.8) is 0 Å². The molecule has 0 saturated carbocycles. The van der Waals surface area contributed by atoms with E-state index >= 15 is 0 Å². The molecular formula is C11H9F3O2. The van der Waals surface area contributed by atoms with Gasteiger partial charge in [0.15, 0.2) is 11.6 Å². The van der Waals surface area contributed by atoms with Gasteiger partial charge in [-0.1, -0.05) is 12.2 Å². The topological polar surface area (TPSA) is 37.3 Å². The van der Waals surface area contributed by atoms with Crippen molar-refractivity contribution in [2.24, 2.45) is 0 Å². The summed E-state index contributed by atoms with van der Waals surface area (Å²) in [6.07, 6.45) is 2.28. The predicted molar refractivity (Wildman–Crippen MR) is 52.7 cm³/mol. The molecule has 0 bridgehead atoms. The molecular weight excluding hydrogens is 221 g/mol. The summed E-state index contributed by atoms with van der Waals surface area (Å²) in [5.41, 5.74) is -2.06. The Morgan fingerprint density at radius 1 is 1.19 bits per heavy atom. The van der Waals surface area contributed by atoms with Crippen molar-refractivity contribution in [2.75, 3.05) is 0 Å². The van der Waals surface area contributed by atoms with Crippen molar-refractivity contribution in [1.82, 2.24) is 0 Å². The molecule has 1 aromatic rings. The summed E-state index contributed by atoms with van der Waals surface area (Å²) < 4.78 is 40.1. The fraction of sp³-hybridized carbons (Fsp3) is 0.182. The highest BCUT2D eigenvalue weighted by Gasteiger charge is 2.24. The van der Waals surface area contributed by atoms with Gasteiger partial charge in [0.05, 0.1) is 0 Å². The highest BCUT2D eigenvalue weighted by atomic mass is 19.2. The summed E-state index contributed by atoms with van der Waals surface area (Å²) in [7, 11) is 0. The number of allylic oxidation sites excluding steroid dienone is 1. The van der Waals surface area contributed by atoms with Crippen LogP contribution in [0.1, 0.15) is 28.4 Å². The molecule has 1 rings (SSSR count). The van der Waals surface area contributed by atoms with Crippen molar-refractivity contribution in [1.29, 1.82) is 0 Å². The third-order valence-electron chi connectivity index (χ3n) is 2.14. The van der Waals surface area contributed by atoms with Gasteiger partial charge in [0, 0.05) is 11.1 Å². The Kier molecular flexibility index (Phi) is 3.37. The van der Waals surface area contributed by atoms with Crippen LogP contribution in [0.15, 0.2) is 6.08 Å². The zero-order valence-corrected chi connectivity index (χ0v) is 8.64. The van der Waals surface area contributed by atoms with E-state index in [1.165, 1.54) is 13.0 Å². The van der Waals surface area contributed by atoms with Gasteiger partial charge in [-0.3, -0.25) is 0 Å². The smallest absolute Gasteiger partial charge is 0.339 e. The van der Waals surface area contributed by atoms with Crippen LogP contribution in [0, 0.1) is 24.4 Å². The summed E-state index contributed by atoms with van der Waals surface area (Å²) in [5, 5.41) is 8.70. The molecule has 1 N–H and O–H groups in total. The van der Waals surface area contributed by atoms with Crippen molar-refractivity contribution in [3.8, 4) is 0 Å². The van der Waals surface area contributed by atoms with Crippen LogP contribution in [-0.4, -0.2) is 11.1 Å². The molecule has 1 aromatic carbocycles. The maximum atomic E-state index is 13.6. The largest absolute Gasteiger partial charge is 0.478 e. The third-order valence-corrected chi connectivity index (χ3v) is 2.14. The molecule has 0 aliphatic rings. The molecule has 0 atom stereocenters. The second-order valence-electron chi connectivity index (χ2n) is 3.16. The summed E-state index contributed by atoms with van der Waals surface area (Å²) in [6, 6.07) is 0. The van der Waals surface area contributed by atoms with E-state index in [-0.39, 0.29) is 0 Å². The number of carboxylic acids is 1. The SMILES string of the molecule is C/C=C/c1c(F)c(F)c(C)c(C(=O)O)c1F. The first kappa shape index (κ1) is 12.3. The monoisotopic (exact) mass is 230 g/mol. The zero-order chi connectivity index (χ0) is 12.5. The number of benzene rings is 1. The van der Waals surface area contributed by atoms with E-state index in [4.69, 9.17) is 5.11 Å². The number of carboxylic acid groups (broad SMARTS) is 1. The third kappa shape index (κ3) is 1.80. The molecule has 5 heteroatoms. The summed E-state index contributed by atoms with van der Waals surface area (Å²) >= 11 is 0. The lowest BCUT2D eigenvalue weighted by Crippen LogP contribution is -2.10. The number of carbonyl (C=O) groups is 1. The Morgan fingerprint density at radius 3 is 2.19 bits per heavy atom. The minimum atomic E-state index is -1.63.